The van der Waals surface area contributed by atoms with E-state index in [9.17, 15) is 4.79 Å². The molecule has 1 aromatic carbocycles. The first-order valence-corrected chi connectivity index (χ1v) is 9.53. The molecule has 5 heteroatoms. The normalized spacial score (nSPS) is 28.7. The van der Waals surface area contributed by atoms with Crippen LogP contribution in [0.5, 0.6) is 5.75 Å². The highest BCUT2D eigenvalue weighted by atomic mass is 16.5. The van der Waals surface area contributed by atoms with Crippen molar-refractivity contribution in [1.29, 1.82) is 0 Å². The van der Waals surface area contributed by atoms with Crippen LogP contribution in [0.4, 0.5) is 0 Å². The van der Waals surface area contributed by atoms with Gasteiger partial charge in [0, 0.05) is 18.7 Å². The van der Waals surface area contributed by atoms with E-state index in [1.54, 1.807) is 0 Å². The maximum Gasteiger partial charge on any atom is 0.254 e. The number of amides is 1. The predicted molar refractivity (Wildman–Crippen MR) is 93.9 cm³/mol. The number of hydrogen-bond donors (Lipinski definition) is 0. The summed E-state index contributed by atoms with van der Waals surface area (Å²) in [5, 5.41) is 0. The van der Waals surface area contributed by atoms with Gasteiger partial charge in [0.05, 0.1) is 25.4 Å². The van der Waals surface area contributed by atoms with Crippen LogP contribution in [0.2, 0.25) is 0 Å². The Hall–Kier alpha value is -1.59. The number of rotatable bonds is 6. The Morgan fingerprint density at radius 3 is 2.96 bits per heavy atom. The number of carbonyl (C=O) groups excluding carboxylic acids is 1. The molecule has 25 heavy (non-hydrogen) atoms. The minimum Gasteiger partial charge on any atom is -0.494 e. The lowest BCUT2D eigenvalue weighted by Crippen LogP contribution is -2.53. The van der Waals surface area contributed by atoms with E-state index in [1.165, 1.54) is 12.8 Å². The van der Waals surface area contributed by atoms with Crippen LogP contribution in [-0.4, -0.2) is 55.4 Å². The van der Waals surface area contributed by atoms with Gasteiger partial charge in [0.25, 0.3) is 5.91 Å². The Bertz CT molecular complexity index is 615. The third kappa shape index (κ3) is 3.67. The molecular weight excluding hydrogens is 318 g/mol. The molecule has 3 aliphatic rings. The van der Waals surface area contributed by atoms with Crippen molar-refractivity contribution in [3.63, 3.8) is 0 Å². The zero-order chi connectivity index (χ0) is 17.2. The average molecular weight is 345 g/mol. The number of morpholine rings is 1. The van der Waals surface area contributed by atoms with Crippen molar-refractivity contribution in [2.75, 3.05) is 26.4 Å². The van der Waals surface area contributed by atoms with Crippen molar-refractivity contribution in [2.45, 2.75) is 50.9 Å². The Kier molecular flexibility index (Phi) is 4.95. The molecule has 3 atom stereocenters. The SMILES string of the molecule is CCOc1cccc(C(=O)N2CCO[C@@H]3[C@H]2CC[C@H]3OCC2CC2)c1. The second kappa shape index (κ2) is 7.34. The molecule has 0 bridgehead atoms. The van der Waals surface area contributed by atoms with Gasteiger partial charge in [-0.1, -0.05) is 6.07 Å². The molecule has 1 aromatic rings. The number of fused-ring (bicyclic) bond motifs is 1. The fourth-order valence-corrected chi connectivity index (χ4v) is 3.94. The van der Waals surface area contributed by atoms with Gasteiger partial charge in [-0.15, -0.1) is 0 Å². The molecule has 1 aliphatic heterocycles. The van der Waals surface area contributed by atoms with Crippen molar-refractivity contribution in [3.8, 4) is 5.75 Å². The first kappa shape index (κ1) is 16.9. The third-order valence-corrected chi connectivity index (χ3v) is 5.43. The van der Waals surface area contributed by atoms with Gasteiger partial charge in [0.2, 0.25) is 0 Å². The van der Waals surface area contributed by atoms with Crippen molar-refractivity contribution < 1.29 is 19.0 Å². The van der Waals surface area contributed by atoms with Crippen LogP contribution in [-0.2, 0) is 9.47 Å². The molecule has 0 spiro atoms. The number of ether oxygens (including phenoxy) is 3. The van der Waals surface area contributed by atoms with Crippen LogP contribution < -0.4 is 4.74 Å². The molecule has 2 aliphatic carbocycles. The fourth-order valence-electron chi connectivity index (χ4n) is 3.94. The molecule has 1 amide bonds. The monoisotopic (exact) mass is 345 g/mol. The van der Waals surface area contributed by atoms with Gasteiger partial charge >= 0.3 is 0 Å². The third-order valence-electron chi connectivity index (χ3n) is 5.43. The Morgan fingerprint density at radius 2 is 2.16 bits per heavy atom. The first-order chi connectivity index (χ1) is 12.3. The maximum absolute atomic E-state index is 13.1. The lowest BCUT2D eigenvalue weighted by molar-refractivity contribution is -0.106. The van der Waals surface area contributed by atoms with Crippen LogP contribution in [0.25, 0.3) is 0 Å². The van der Waals surface area contributed by atoms with Gasteiger partial charge in [0.1, 0.15) is 11.9 Å². The Balaban J connectivity index is 1.44. The molecule has 1 heterocycles. The maximum atomic E-state index is 13.1. The minimum absolute atomic E-state index is 0.0199. The summed E-state index contributed by atoms with van der Waals surface area (Å²) in [7, 11) is 0. The number of nitrogens with zero attached hydrogens (tertiary/aromatic N) is 1. The Labute approximate surface area is 149 Å². The van der Waals surface area contributed by atoms with Crippen LogP contribution >= 0.6 is 0 Å². The molecule has 0 aromatic heterocycles. The summed E-state index contributed by atoms with van der Waals surface area (Å²) in [6.07, 6.45) is 4.68. The second-order valence-corrected chi connectivity index (χ2v) is 7.25. The van der Waals surface area contributed by atoms with Crippen LogP contribution in [0.1, 0.15) is 43.0 Å². The van der Waals surface area contributed by atoms with Crippen molar-refractivity contribution in [3.05, 3.63) is 29.8 Å². The Morgan fingerprint density at radius 1 is 1.28 bits per heavy atom. The van der Waals surface area contributed by atoms with Crippen molar-refractivity contribution >= 4 is 5.91 Å². The van der Waals surface area contributed by atoms with E-state index in [2.05, 4.69) is 0 Å². The quantitative estimate of drug-likeness (QED) is 0.795. The van der Waals surface area contributed by atoms with E-state index >= 15 is 0 Å². The topological polar surface area (TPSA) is 48.0 Å². The summed E-state index contributed by atoms with van der Waals surface area (Å²) in [6.45, 7) is 4.62. The predicted octanol–water partition coefficient (Wildman–Crippen LogP) is 2.88. The molecule has 0 unspecified atom stereocenters. The van der Waals surface area contributed by atoms with Crippen molar-refractivity contribution in [2.24, 2.45) is 5.92 Å². The summed E-state index contributed by atoms with van der Waals surface area (Å²) in [6, 6.07) is 7.60. The lowest BCUT2D eigenvalue weighted by atomic mass is 10.1. The van der Waals surface area contributed by atoms with Crippen LogP contribution in [0, 0.1) is 5.92 Å². The molecule has 136 valence electrons. The molecule has 4 rings (SSSR count). The van der Waals surface area contributed by atoms with E-state index in [0.29, 0.717) is 25.3 Å². The van der Waals surface area contributed by atoms with E-state index in [0.717, 1.165) is 31.1 Å². The van der Waals surface area contributed by atoms with Gasteiger partial charge in [-0.2, -0.15) is 0 Å². The highest BCUT2D eigenvalue weighted by Crippen LogP contribution is 2.35. The van der Waals surface area contributed by atoms with Crippen molar-refractivity contribution in [1.82, 2.24) is 4.90 Å². The molecule has 5 nitrogen and oxygen atoms in total. The fraction of sp³-hybridized carbons (Fsp3) is 0.650. The summed E-state index contributed by atoms with van der Waals surface area (Å²) >= 11 is 0. The summed E-state index contributed by atoms with van der Waals surface area (Å²) in [5.74, 6) is 1.57. The molecule has 2 saturated carbocycles. The highest BCUT2D eigenvalue weighted by molar-refractivity contribution is 5.95. The van der Waals surface area contributed by atoms with E-state index < -0.39 is 0 Å². The van der Waals surface area contributed by atoms with Crippen LogP contribution in [0.3, 0.4) is 0 Å². The number of hydrogen-bond acceptors (Lipinski definition) is 4. The van der Waals surface area contributed by atoms with Gasteiger partial charge in [-0.3, -0.25) is 4.79 Å². The van der Waals surface area contributed by atoms with E-state index in [1.807, 2.05) is 36.1 Å². The van der Waals surface area contributed by atoms with Gasteiger partial charge < -0.3 is 19.1 Å². The largest absolute Gasteiger partial charge is 0.494 e. The number of benzene rings is 1. The smallest absolute Gasteiger partial charge is 0.254 e. The first-order valence-electron chi connectivity index (χ1n) is 9.53. The lowest BCUT2D eigenvalue weighted by Gasteiger charge is -2.39. The van der Waals surface area contributed by atoms with E-state index in [4.69, 9.17) is 14.2 Å². The number of carbonyl (C=O) groups is 1. The zero-order valence-electron chi connectivity index (χ0n) is 14.9. The summed E-state index contributed by atoms with van der Waals surface area (Å²) < 4.78 is 17.6. The molecule has 0 N–H and O–H groups in total. The van der Waals surface area contributed by atoms with Gasteiger partial charge in [-0.05, 0) is 56.7 Å². The molecule has 0 radical (unpaired) electrons. The molecule has 1 saturated heterocycles. The molecular formula is C20H27NO4. The zero-order valence-corrected chi connectivity index (χ0v) is 14.9. The van der Waals surface area contributed by atoms with E-state index in [-0.39, 0.29) is 24.2 Å². The minimum atomic E-state index is 0.0199. The van der Waals surface area contributed by atoms with Gasteiger partial charge in [0.15, 0.2) is 0 Å². The summed E-state index contributed by atoms with van der Waals surface area (Å²) in [4.78, 5) is 15.0. The molecule has 3 fully saturated rings. The van der Waals surface area contributed by atoms with Gasteiger partial charge in [-0.25, -0.2) is 0 Å². The van der Waals surface area contributed by atoms with Crippen LogP contribution in [0.15, 0.2) is 24.3 Å². The highest BCUT2D eigenvalue weighted by Gasteiger charge is 2.45. The summed E-state index contributed by atoms with van der Waals surface area (Å²) in [5.41, 5.74) is 0.689. The average Bonchev–Trinajstić information content (AvgIpc) is 3.38. The second-order valence-electron chi connectivity index (χ2n) is 7.25. The standard InChI is InChI=1S/C20H27NO4/c1-2-23-16-5-3-4-15(12-16)20(22)21-10-11-24-19-17(21)8-9-18(19)25-13-14-6-7-14/h3-5,12,14,17-19H,2,6-11,13H2,1H3/t17-,18-,19-/m1/s1.